The van der Waals surface area contributed by atoms with Crippen molar-refractivity contribution >= 4 is 11.8 Å². The molecule has 0 spiro atoms. The Balaban J connectivity index is 0. The van der Waals surface area contributed by atoms with E-state index in [1.165, 1.54) is 6.92 Å². The number of carbonyl (C=O) groups excluding carboxylic acids is 2. The molecule has 0 aromatic rings. The van der Waals surface area contributed by atoms with Gasteiger partial charge in [0.15, 0.2) is 0 Å². The van der Waals surface area contributed by atoms with Gasteiger partial charge in [-0.15, -0.1) is 0 Å². The van der Waals surface area contributed by atoms with Crippen LogP contribution >= 0.6 is 0 Å². The SMILES string of the molecule is CC.CC(=O)NCCOCCOCCOCCNC(=O)COC(C)C. The molecule has 0 aliphatic heterocycles. The van der Waals surface area contributed by atoms with Crippen molar-refractivity contribution in [3.05, 3.63) is 0 Å². The fourth-order valence-corrected chi connectivity index (χ4v) is 1.40. The Bertz CT molecular complexity index is 314. The number of carbonyl (C=O) groups is 2. The summed E-state index contributed by atoms with van der Waals surface area (Å²) >= 11 is 0. The van der Waals surface area contributed by atoms with Gasteiger partial charge in [0.05, 0.1) is 45.7 Å². The zero-order chi connectivity index (χ0) is 19.3. The van der Waals surface area contributed by atoms with Gasteiger partial charge in [-0.3, -0.25) is 9.59 Å². The summed E-state index contributed by atoms with van der Waals surface area (Å²) < 4.78 is 21.0. The van der Waals surface area contributed by atoms with E-state index in [4.69, 9.17) is 18.9 Å². The summed E-state index contributed by atoms with van der Waals surface area (Å²) in [5.74, 6) is -0.208. The Labute approximate surface area is 151 Å². The van der Waals surface area contributed by atoms with Crippen molar-refractivity contribution in [1.29, 1.82) is 0 Å². The number of hydrogen-bond donors (Lipinski definition) is 2. The largest absolute Gasteiger partial charge is 0.377 e. The minimum atomic E-state index is -0.144. The van der Waals surface area contributed by atoms with E-state index in [2.05, 4.69) is 10.6 Å². The molecule has 0 aliphatic carbocycles. The predicted octanol–water partition coefficient (Wildman–Crippen LogP) is 0.740. The number of amides is 2. The third-order valence-electron chi connectivity index (χ3n) is 2.48. The highest BCUT2D eigenvalue weighted by Crippen LogP contribution is 1.86. The zero-order valence-corrected chi connectivity index (χ0v) is 16.4. The molecular weight excluding hydrogens is 328 g/mol. The summed E-state index contributed by atoms with van der Waals surface area (Å²) in [5, 5.41) is 5.33. The highest BCUT2D eigenvalue weighted by molar-refractivity contribution is 5.77. The fourth-order valence-electron chi connectivity index (χ4n) is 1.40. The highest BCUT2D eigenvalue weighted by atomic mass is 16.5. The third kappa shape index (κ3) is 25.1. The maximum absolute atomic E-state index is 11.3. The quantitative estimate of drug-likeness (QED) is 0.416. The van der Waals surface area contributed by atoms with E-state index in [1.54, 1.807) is 0 Å². The fraction of sp³-hybridized carbons (Fsp3) is 0.882. The van der Waals surface area contributed by atoms with Crippen LogP contribution in [0.3, 0.4) is 0 Å². The van der Waals surface area contributed by atoms with E-state index in [9.17, 15) is 9.59 Å². The van der Waals surface area contributed by atoms with Crippen molar-refractivity contribution in [2.24, 2.45) is 0 Å². The van der Waals surface area contributed by atoms with E-state index in [1.807, 2.05) is 27.7 Å². The molecule has 0 aromatic carbocycles. The molecule has 0 rings (SSSR count). The van der Waals surface area contributed by atoms with Gasteiger partial charge in [0.2, 0.25) is 11.8 Å². The summed E-state index contributed by atoms with van der Waals surface area (Å²) in [6.45, 7) is 13.1. The van der Waals surface area contributed by atoms with Crippen LogP contribution in [0.25, 0.3) is 0 Å². The molecule has 0 bridgehead atoms. The smallest absolute Gasteiger partial charge is 0.246 e. The topological polar surface area (TPSA) is 95.1 Å². The molecule has 8 heteroatoms. The van der Waals surface area contributed by atoms with Crippen molar-refractivity contribution in [1.82, 2.24) is 10.6 Å². The third-order valence-corrected chi connectivity index (χ3v) is 2.48. The highest BCUT2D eigenvalue weighted by Gasteiger charge is 2.02. The van der Waals surface area contributed by atoms with Crippen LogP contribution in [-0.4, -0.2) is 77.3 Å². The minimum Gasteiger partial charge on any atom is -0.377 e. The number of nitrogens with one attached hydrogen (secondary N) is 2. The molecule has 2 amide bonds. The average molecular weight is 364 g/mol. The number of hydrogen-bond acceptors (Lipinski definition) is 6. The van der Waals surface area contributed by atoms with Gasteiger partial charge in [-0.25, -0.2) is 0 Å². The Morgan fingerprint density at radius 3 is 1.68 bits per heavy atom. The first-order valence-electron chi connectivity index (χ1n) is 8.88. The lowest BCUT2D eigenvalue weighted by molar-refractivity contribution is -0.127. The Kier molecular flexibility index (Phi) is 21.7. The van der Waals surface area contributed by atoms with Gasteiger partial charge < -0.3 is 29.6 Å². The molecule has 0 aliphatic rings. The molecule has 0 saturated carbocycles. The van der Waals surface area contributed by atoms with Gasteiger partial charge in [0, 0.05) is 20.0 Å². The van der Waals surface area contributed by atoms with Crippen LogP contribution in [-0.2, 0) is 28.5 Å². The van der Waals surface area contributed by atoms with E-state index >= 15 is 0 Å². The van der Waals surface area contributed by atoms with Gasteiger partial charge in [0.1, 0.15) is 6.61 Å². The van der Waals surface area contributed by atoms with Crippen molar-refractivity contribution in [2.45, 2.75) is 40.7 Å². The average Bonchev–Trinajstić information content (AvgIpc) is 2.58. The van der Waals surface area contributed by atoms with Crippen LogP contribution < -0.4 is 10.6 Å². The molecule has 0 radical (unpaired) electrons. The second-order valence-corrected chi connectivity index (χ2v) is 5.03. The molecule has 0 saturated heterocycles. The summed E-state index contributed by atoms with van der Waals surface area (Å²) in [4.78, 5) is 21.9. The monoisotopic (exact) mass is 364 g/mol. The first-order chi connectivity index (χ1) is 12.0. The summed E-state index contributed by atoms with van der Waals surface area (Å²) in [7, 11) is 0. The van der Waals surface area contributed by atoms with Crippen LogP contribution in [0, 0.1) is 0 Å². The number of ether oxygens (including phenoxy) is 4. The Morgan fingerprint density at radius 1 is 0.800 bits per heavy atom. The molecule has 0 unspecified atom stereocenters. The van der Waals surface area contributed by atoms with Crippen LogP contribution in [0.5, 0.6) is 0 Å². The lowest BCUT2D eigenvalue weighted by Gasteiger charge is -2.09. The Morgan fingerprint density at radius 2 is 1.24 bits per heavy atom. The molecule has 0 heterocycles. The van der Waals surface area contributed by atoms with Crippen molar-refractivity contribution in [2.75, 3.05) is 59.3 Å². The molecule has 2 N–H and O–H groups in total. The minimum absolute atomic E-state index is 0.0449. The van der Waals surface area contributed by atoms with E-state index in [-0.39, 0.29) is 24.5 Å². The van der Waals surface area contributed by atoms with E-state index in [0.29, 0.717) is 52.7 Å². The summed E-state index contributed by atoms with van der Waals surface area (Å²) in [5.41, 5.74) is 0. The van der Waals surface area contributed by atoms with Crippen LogP contribution in [0.15, 0.2) is 0 Å². The maximum atomic E-state index is 11.3. The van der Waals surface area contributed by atoms with Crippen molar-refractivity contribution in [3.8, 4) is 0 Å². The second kappa shape index (κ2) is 20.8. The van der Waals surface area contributed by atoms with Crippen LogP contribution in [0.1, 0.15) is 34.6 Å². The van der Waals surface area contributed by atoms with Crippen LogP contribution in [0.2, 0.25) is 0 Å². The van der Waals surface area contributed by atoms with Gasteiger partial charge in [-0.05, 0) is 13.8 Å². The first-order valence-corrected chi connectivity index (χ1v) is 8.88. The van der Waals surface area contributed by atoms with Crippen LogP contribution in [0.4, 0.5) is 0 Å². The molecule has 8 nitrogen and oxygen atoms in total. The first kappa shape index (κ1) is 26.0. The predicted molar refractivity (Wildman–Crippen MR) is 96.6 cm³/mol. The van der Waals surface area contributed by atoms with Crippen molar-refractivity contribution in [3.63, 3.8) is 0 Å². The van der Waals surface area contributed by atoms with Gasteiger partial charge in [-0.1, -0.05) is 13.8 Å². The van der Waals surface area contributed by atoms with Gasteiger partial charge >= 0.3 is 0 Å². The second-order valence-electron chi connectivity index (χ2n) is 5.03. The lowest BCUT2D eigenvalue weighted by atomic mass is 10.5. The Hall–Kier alpha value is -1.22. The van der Waals surface area contributed by atoms with E-state index in [0.717, 1.165) is 0 Å². The van der Waals surface area contributed by atoms with E-state index < -0.39 is 0 Å². The van der Waals surface area contributed by atoms with Crippen molar-refractivity contribution < 1.29 is 28.5 Å². The molecular formula is C17H36N2O6. The lowest BCUT2D eigenvalue weighted by Crippen LogP contribution is -2.31. The molecule has 0 fully saturated rings. The molecule has 25 heavy (non-hydrogen) atoms. The number of rotatable bonds is 15. The standard InChI is InChI=1S/C15H30N2O6.C2H6/c1-13(2)23-12-15(19)17-5-7-21-9-11-22-10-8-20-6-4-16-14(3)18;1-2/h13H,4-12H2,1-3H3,(H,16,18)(H,17,19);1-2H3. The van der Waals surface area contributed by atoms with Gasteiger partial charge in [0.25, 0.3) is 0 Å². The maximum Gasteiger partial charge on any atom is 0.246 e. The zero-order valence-electron chi connectivity index (χ0n) is 16.4. The summed E-state index contributed by atoms with van der Waals surface area (Å²) in [6, 6.07) is 0. The summed E-state index contributed by atoms with van der Waals surface area (Å²) in [6.07, 6.45) is 0.0449. The molecule has 0 atom stereocenters. The normalized spacial score (nSPS) is 10.2. The van der Waals surface area contributed by atoms with Gasteiger partial charge in [-0.2, -0.15) is 0 Å². The molecule has 0 aromatic heterocycles. The molecule has 150 valence electrons.